The van der Waals surface area contributed by atoms with Gasteiger partial charge in [0, 0.05) is 45.7 Å². The van der Waals surface area contributed by atoms with Crippen molar-refractivity contribution in [1.29, 1.82) is 0 Å². The lowest BCUT2D eigenvalue weighted by molar-refractivity contribution is -0.0573. The van der Waals surface area contributed by atoms with Crippen molar-refractivity contribution in [2.45, 2.75) is 24.9 Å². The Bertz CT molecular complexity index is 810. The van der Waals surface area contributed by atoms with E-state index in [0.717, 1.165) is 31.8 Å². The Hall–Kier alpha value is -2.50. The fourth-order valence-electron chi connectivity index (χ4n) is 4.22. The minimum absolute atomic E-state index is 0.119. The van der Waals surface area contributed by atoms with E-state index in [1.807, 2.05) is 4.90 Å². The van der Waals surface area contributed by atoms with E-state index in [1.54, 1.807) is 18.0 Å². The molecule has 0 spiro atoms. The maximum absolute atomic E-state index is 13.1. The predicted octanol–water partition coefficient (Wildman–Crippen LogP) is -0.427. The molecule has 4 heterocycles. The zero-order valence-electron chi connectivity index (χ0n) is 16.6. The number of ether oxygens (including phenoxy) is 2. The van der Waals surface area contributed by atoms with Gasteiger partial charge in [-0.3, -0.25) is 14.7 Å². The number of rotatable bonds is 6. The Labute approximate surface area is 169 Å². The van der Waals surface area contributed by atoms with Crippen molar-refractivity contribution in [3.05, 3.63) is 30.1 Å². The SMILES string of the molecule is COCCn1nnnc1C1(N2CCOCC2)CCCN(C(=O)c2cnccn2)C1. The van der Waals surface area contributed by atoms with Crippen LogP contribution in [0, 0.1) is 0 Å². The molecule has 2 aromatic rings. The molecule has 1 amide bonds. The van der Waals surface area contributed by atoms with Crippen LogP contribution in [0.3, 0.4) is 0 Å². The number of tetrazole rings is 1. The van der Waals surface area contributed by atoms with Gasteiger partial charge in [-0.1, -0.05) is 0 Å². The Morgan fingerprint density at radius 3 is 2.90 bits per heavy atom. The van der Waals surface area contributed by atoms with Crippen molar-refractivity contribution in [1.82, 2.24) is 40.0 Å². The molecule has 2 saturated heterocycles. The van der Waals surface area contributed by atoms with Crippen molar-refractivity contribution in [3.63, 3.8) is 0 Å². The molecule has 2 aromatic heterocycles. The second-order valence-electron chi connectivity index (χ2n) is 7.27. The largest absolute Gasteiger partial charge is 0.383 e. The zero-order valence-corrected chi connectivity index (χ0v) is 16.6. The number of nitrogens with zero attached hydrogens (tertiary/aromatic N) is 8. The molecular formula is C18H26N8O3. The Morgan fingerprint density at radius 1 is 1.28 bits per heavy atom. The van der Waals surface area contributed by atoms with Crippen molar-refractivity contribution < 1.29 is 14.3 Å². The van der Waals surface area contributed by atoms with Gasteiger partial charge in [-0.15, -0.1) is 5.10 Å². The second-order valence-corrected chi connectivity index (χ2v) is 7.27. The number of likely N-dealkylation sites (tertiary alicyclic amines) is 1. The number of hydrogen-bond acceptors (Lipinski definition) is 9. The van der Waals surface area contributed by atoms with Crippen LogP contribution in [0.4, 0.5) is 0 Å². The second kappa shape index (κ2) is 8.89. The van der Waals surface area contributed by atoms with E-state index in [0.29, 0.717) is 45.1 Å². The van der Waals surface area contributed by atoms with E-state index in [1.165, 1.54) is 12.4 Å². The van der Waals surface area contributed by atoms with Crippen molar-refractivity contribution in [2.24, 2.45) is 0 Å². The molecule has 11 nitrogen and oxygen atoms in total. The van der Waals surface area contributed by atoms with Crippen molar-refractivity contribution in [3.8, 4) is 0 Å². The van der Waals surface area contributed by atoms with Crippen LogP contribution in [0.25, 0.3) is 0 Å². The van der Waals surface area contributed by atoms with Gasteiger partial charge in [0.15, 0.2) is 5.82 Å². The average molecular weight is 402 g/mol. The number of carbonyl (C=O) groups is 1. The molecule has 0 bridgehead atoms. The molecule has 0 aromatic carbocycles. The molecule has 11 heteroatoms. The molecule has 2 aliphatic heterocycles. The highest BCUT2D eigenvalue weighted by molar-refractivity contribution is 5.92. The molecule has 4 rings (SSSR count). The molecule has 1 unspecified atom stereocenters. The fraction of sp³-hybridized carbons (Fsp3) is 0.667. The summed E-state index contributed by atoms with van der Waals surface area (Å²) in [6.45, 7) is 5.08. The van der Waals surface area contributed by atoms with Gasteiger partial charge in [0.05, 0.1) is 32.6 Å². The van der Waals surface area contributed by atoms with Gasteiger partial charge < -0.3 is 14.4 Å². The average Bonchev–Trinajstić information content (AvgIpc) is 3.27. The summed E-state index contributed by atoms with van der Waals surface area (Å²) in [5, 5.41) is 12.5. The van der Waals surface area contributed by atoms with Crippen molar-refractivity contribution in [2.75, 3.05) is 53.1 Å². The van der Waals surface area contributed by atoms with E-state index in [4.69, 9.17) is 9.47 Å². The van der Waals surface area contributed by atoms with Crippen LogP contribution in [0.2, 0.25) is 0 Å². The standard InChI is InChI=1S/C18H26N8O3/c1-28-10-9-26-17(21-22-23-26)18(25-7-11-29-12-8-25)3-2-6-24(14-18)16(27)15-13-19-4-5-20-15/h4-5,13H,2-3,6-12,14H2,1H3. The molecule has 1 atom stereocenters. The van der Waals surface area contributed by atoms with Crippen molar-refractivity contribution >= 4 is 5.91 Å². The van der Waals surface area contributed by atoms with Gasteiger partial charge in [-0.25, -0.2) is 9.67 Å². The zero-order chi connectivity index (χ0) is 20.1. The van der Waals surface area contributed by atoms with Gasteiger partial charge in [-0.2, -0.15) is 0 Å². The molecule has 2 aliphatic rings. The smallest absolute Gasteiger partial charge is 0.274 e. The highest BCUT2D eigenvalue weighted by Gasteiger charge is 2.47. The summed E-state index contributed by atoms with van der Waals surface area (Å²) in [6, 6.07) is 0. The molecule has 0 aliphatic carbocycles. The lowest BCUT2D eigenvalue weighted by Crippen LogP contribution is -2.61. The molecule has 0 saturated carbocycles. The Morgan fingerprint density at radius 2 is 2.14 bits per heavy atom. The van der Waals surface area contributed by atoms with E-state index < -0.39 is 5.54 Å². The molecule has 0 radical (unpaired) electrons. The van der Waals surface area contributed by atoms with Gasteiger partial charge in [0.2, 0.25) is 0 Å². The number of amides is 1. The highest BCUT2D eigenvalue weighted by Crippen LogP contribution is 2.37. The minimum Gasteiger partial charge on any atom is -0.383 e. The Balaban J connectivity index is 1.67. The first-order valence-electron chi connectivity index (χ1n) is 9.88. The fourth-order valence-corrected chi connectivity index (χ4v) is 4.22. The van der Waals surface area contributed by atoms with Gasteiger partial charge in [0.1, 0.15) is 11.2 Å². The van der Waals surface area contributed by atoms with Crippen LogP contribution >= 0.6 is 0 Å². The number of carbonyl (C=O) groups excluding carboxylic acids is 1. The Kier molecular flexibility index (Phi) is 6.07. The maximum atomic E-state index is 13.1. The van der Waals surface area contributed by atoms with Gasteiger partial charge in [0.25, 0.3) is 5.91 Å². The maximum Gasteiger partial charge on any atom is 0.274 e. The quantitative estimate of drug-likeness (QED) is 0.635. The van der Waals surface area contributed by atoms with Gasteiger partial charge >= 0.3 is 0 Å². The number of aromatic nitrogens is 6. The highest BCUT2D eigenvalue weighted by atomic mass is 16.5. The summed E-state index contributed by atoms with van der Waals surface area (Å²) in [7, 11) is 1.66. The number of morpholine rings is 1. The van der Waals surface area contributed by atoms with Crippen LogP contribution in [0.5, 0.6) is 0 Å². The van der Waals surface area contributed by atoms with Gasteiger partial charge in [-0.05, 0) is 23.3 Å². The normalized spacial score (nSPS) is 23.3. The first kappa shape index (κ1) is 19.8. The molecule has 0 N–H and O–H groups in total. The van der Waals surface area contributed by atoms with Crippen LogP contribution in [0.15, 0.2) is 18.6 Å². The number of methoxy groups -OCH3 is 1. The summed E-state index contributed by atoms with van der Waals surface area (Å²) < 4.78 is 12.6. The summed E-state index contributed by atoms with van der Waals surface area (Å²) in [5.41, 5.74) is -0.124. The molecule has 156 valence electrons. The minimum atomic E-state index is -0.475. The van der Waals surface area contributed by atoms with Crippen LogP contribution in [0.1, 0.15) is 29.2 Å². The third-order valence-corrected chi connectivity index (χ3v) is 5.61. The molecule has 2 fully saturated rings. The monoisotopic (exact) mass is 402 g/mol. The summed E-state index contributed by atoms with van der Waals surface area (Å²) in [4.78, 5) is 25.5. The summed E-state index contributed by atoms with van der Waals surface area (Å²) >= 11 is 0. The lowest BCUT2D eigenvalue weighted by atomic mass is 9.85. The topological polar surface area (TPSA) is 111 Å². The molecular weight excluding hydrogens is 376 g/mol. The van der Waals surface area contributed by atoms with Crippen LogP contribution in [-0.4, -0.2) is 99.0 Å². The van der Waals surface area contributed by atoms with E-state index in [2.05, 4.69) is 30.4 Å². The third-order valence-electron chi connectivity index (χ3n) is 5.61. The molecule has 29 heavy (non-hydrogen) atoms. The van der Waals surface area contributed by atoms with Crippen LogP contribution < -0.4 is 0 Å². The lowest BCUT2D eigenvalue weighted by Gasteiger charge is -2.49. The van der Waals surface area contributed by atoms with E-state index in [-0.39, 0.29) is 5.91 Å². The van der Waals surface area contributed by atoms with Crippen LogP contribution in [-0.2, 0) is 21.6 Å². The number of hydrogen-bond donors (Lipinski definition) is 0. The van der Waals surface area contributed by atoms with E-state index in [9.17, 15) is 4.79 Å². The predicted molar refractivity (Wildman–Crippen MR) is 101 cm³/mol. The third kappa shape index (κ3) is 3.98. The summed E-state index contributed by atoms with van der Waals surface area (Å²) in [6.07, 6.45) is 6.33. The first-order valence-corrected chi connectivity index (χ1v) is 9.88. The van der Waals surface area contributed by atoms with E-state index >= 15 is 0 Å². The summed E-state index contributed by atoms with van der Waals surface area (Å²) in [5.74, 6) is 0.652. The number of piperidine rings is 1. The first-order chi connectivity index (χ1) is 14.2.